The zero-order valence-corrected chi connectivity index (χ0v) is 16.8. The number of carbonyl (C=O) groups excluding carboxylic acids is 1. The number of nitrogens with zero attached hydrogens (tertiary/aromatic N) is 1. The van der Waals surface area contributed by atoms with Gasteiger partial charge in [0, 0.05) is 12.6 Å². The normalized spacial score (nSPS) is 16.3. The Morgan fingerprint density at radius 3 is 2.44 bits per heavy atom. The van der Waals surface area contributed by atoms with Crippen LogP contribution in [0.3, 0.4) is 0 Å². The molecule has 0 bridgehead atoms. The molecule has 0 saturated heterocycles. The van der Waals surface area contributed by atoms with Crippen LogP contribution in [0.15, 0.2) is 47.4 Å². The van der Waals surface area contributed by atoms with Crippen molar-refractivity contribution in [2.24, 2.45) is 5.41 Å². The highest BCUT2D eigenvalue weighted by atomic mass is 32.2. The summed E-state index contributed by atoms with van der Waals surface area (Å²) in [5, 5.41) is 0. The number of amides is 1. The molecule has 1 amide bonds. The maximum absolute atomic E-state index is 12.7. The van der Waals surface area contributed by atoms with E-state index in [1.165, 1.54) is 0 Å². The second-order valence-electron chi connectivity index (χ2n) is 7.32. The summed E-state index contributed by atoms with van der Waals surface area (Å²) in [5.74, 6) is 0.469. The predicted octanol–water partition coefficient (Wildman–Crippen LogP) is 3.57. The molecule has 0 unspecified atom stereocenters. The molecule has 0 aliphatic carbocycles. The first-order chi connectivity index (χ1) is 12.6. The van der Waals surface area contributed by atoms with E-state index in [0.29, 0.717) is 23.7 Å². The van der Waals surface area contributed by atoms with Gasteiger partial charge in [-0.3, -0.25) is 9.52 Å². The molecule has 1 aliphatic heterocycles. The Labute approximate surface area is 160 Å². The molecule has 1 N–H and O–H groups in total. The second kappa shape index (κ2) is 6.88. The van der Waals surface area contributed by atoms with Crippen LogP contribution in [0.25, 0.3) is 0 Å². The molecular formula is C20H24N2O4S. The molecular weight excluding hydrogens is 364 g/mol. The quantitative estimate of drug-likeness (QED) is 0.869. The molecule has 2 aromatic rings. The van der Waals surface area contributed by atoms with Crippen LogP contribution in [0, 0.1) is 12.3 Å². The molecule has 27 heavy (non-hydrogen) atoms. The number of carbonyl (C=O) groups is 1. The molecule has 2 aromatic carbocycles. The van der Waals surface area contributed by atoms with E-state index in [9.17, 15) is 13.2 Å². The highest BCUT2D eigenvalue weighted by Crippen LogP contribution is 2.38. The summed E-state index contributed by atoms with van der Waals surface area (Å²) in [6, 6.07) is 11.6. The first kappa shape index (κ1) is 19.2. The Bertz CT molecular complexity index is 966. The smallest absolute Gasteiger partial charge is 0.261 e. The molecule has 0 aromatic heterocycles. The van der Waals surface area contributed by atoms with Gasteiger partial charge in [0.2, 0.25) is 5.91 Å². The molecule has 6 nitrogen and oxygen atoms in total. The lowest BCUT2D eigenvalue weighted by molar-refractivity contribution is -0.127. The summed E-state index contributed by atoms with van der Waals surface area (Å²) in [6.07, 6.45) is 0. The highest BCUT2D eigenvalue weighted by molar-refractivity contribution is 7.92. The van der Waals surface area contributed by atoms with Crippen LogP contribution in [0.2, 0.25) is 0 Å². The van der Waals surface area contributed by atoms with E-state index in [-0.39, 0.29) is 17.4 Å². The summed E-state index contributed by atoms with van der Waals surface area (Å²) in [7, 11) is -3.70. The topological polar surface area (TPSA) is 75.7 Å². The SMILES string of the molecule is CCN1C(=O)C(C)(C)COc2cc(NS(=O)(=O)c3ccc(C)cc3)ccc21. The third kappa shape index (κ3) is 3.78. The van der Waals surface area contributed by atoms with Crippen molar-refractivity contribution in [1.29, 1.82) is 0 Å². The second-order valence-corrected chi connectivity index (χ2v) is 9.01. The number of fused-ring (bicyclic) bond motifs is 1. The summed E-state index contributed by atoms with van der Waals surface area (Å²) in [5.41, 5.74) is 1.36. The number of nitrogens with one attached hydrogen (secondary N) is 1. The lowest BCUT2D eigenvalue weighted by Gasteiger charge is -2.26. The molecule has 0 spiro atoms. The van der Waals surface area contributed by atoms with Crippen molar-refractivity contribution in [2.45, 2.75) is 32.6 Å². The molecule has 0 radical (unpaired) electrons. The molecule has 0 fully saturated rings. The fourth-order valence-electron chi connectivity index (χ4n) is 2.96. The lowest BCUT2D eigenvalue weighted by atomic mass is 9.93. The number of anilines is 2. The van der Waals surface area contributed by atoms with Crippen molar-refractivity contribution in [2.75, 3.05) is 22.8 Å². The van der Waals surface area contributed by atoms with E-state index in [4.69, 9.17) is 4.74 Å². The first-order valence-corrected chi connectivity index (χ1v) is 10.3. The van der Waals surface area contributed by atoms with E-state index in [0.717, 1.165) is 5.56 Å². The van der Waals surface area contributed by atoms with Crippen LogP contribution >= 0.6 is 0 Å². The van der Waals surface area contributed by atoms with Gasteiger partial charge in [-0.1, -0.05) is 17.7 Å². The Morgan fingerprint density at radius 1 is 1.15 bits per heavy atom. The van der Waals surface area contributed by atoms with Gasteiger partial charge < -0.3 is 9.64 Å². The standard InChI is InChI=1S/C20H24N2O4S/c1-5-22-17-11-8-15(12-18(17)26-13-20(3,4)19(22)23)21-27(24,25)16-9-6-14(2)7-10-16/h6-12,21H,5,13H2,1-4H3. The zero-order valence-electron chi connectivity index (χ0n) is 15.9. The van der Waals surface area contributed by atoms with Crippen molar-refractivity contribution < 1.29 is 17.9 Å². The Morgan fingerprint density at radius 2 is 1.81 bits per heavy atom. The van der Waals surface area contributed by atoms with E-state index >= 15 is 0 Å². The van der Waals surface area contributed by atoms with Gasteiger partial charge in [0.15, 0.2) is 0 Å². The molecule has 0 atom stereocenters. The van der Waals surface area contributed by atoms with Gasteiger partial charge in [0.25, 0.3) is 10.0 Å². The molecule has 1 aliphatic rings. The van der Waals surface area contributed by atoms with Crippen molar-refractivity contribution in [3.8, 4) is 5.75 Å². The minimum atomic E-state index is -3.70. The summed E-state index contributed by atoms with van der Waals surface area (Å²) in [6.45, 7) is 8.21. The van der Waals surface area contributed by atoms with Crippen molar-refractivity contribution in [3.63, 3.8) is 0 Å². The summed E-state index contributed by atoms with van der Waals surface area (Å²) in [4.78, 5) is 14.6. The largest absolute Gasteiger partial charge is 0.490 e. The molecule has 3 rings (SSSR count). The van der Waals surface area contributed by atoms with Gasteiger partial charge in [0.1, 0.15) is 12.4 Å². The average Bonchev–Trinajstić information content (AvgIpc) is 2.70. The maximum Gasteiger partial charge on any atom is 0.261 e. The van der Waals surface area contributed by atoms with Crippen LogP contribution in [0.4, 0.5) is 11.4 Å². The van der Waals surface area contributed by atoms with E-state index < -0.39 is 15.4 Å². The Kier molecular flexibility index (Phi) is 4.90. The minimum absolute atomic E-state index is 0.0169. The van der Waals surface area contributed by atoms with Crippen LogP contribution in [0.5, 0.6) is 5.75 Å². The minimum Gasteiger partial charge on any atom is -0.490 e. The third-order valence-corrected chi connectivity index (χ3v) is 5.96. The molecule has 7 heteroatoms. The fourth-order valence-corrected chi connectivity index (χ4v) is 4.01. The van der Waals surface area contributed by atoms with Crippen LogP contribution in [0.1, 0.15) is 26.3 Å². The predicted molar refractivity (Wildman–Crippen MR) is 106 cm³/mol. The number of hydrogen-bond donors (Lipinski definition) is 1. The molecule has 144 valence electrons. The van der Waals surface area contributed by atoms with Crippen molar-refractivity contribution in [1.82, 2.24) is 0 Å². The highest BCUT2D eigenvalue weighted by Gasteiger charge is 2.37. The van der Waals surface area contributed by atoms with Crippen molar-refractivity contribution in [3.05, 3.63) is 48.0 Å². The Balaban J connectivity index is 1.94. The van der Waals surface area contributed by atoms with E-state index in [1.807, 2.05) is 27.7 Å². The first-order valence-electron chi connectivity index (χ1n) is 8.82. The lowest BCUT2D eigenvalue weighted by Crippen LogP contribution is -2.42. The fraction of sp³-hybridized carbons (Fsp3) is 0.350. The van der Waals surface area contributed by atoms with Gasteiger partial charge in [-0.15, -0.1) is 0 Å². The number of ether oxygens (including phenoxy) is 1. The average molecular weight is 388 g/mol. The monoisotopic (exact) mass is 388 g/mol. The van der Waals surface area contributed by atoms with Gasteiger partial charge in [-0.05, 0) is 52.0 Å². The number of benzene rings is 2. The molecule has 1 heterocycles. The van der Waals surface area contributed by atoms with E-state index in [1.54, 1.807) is 47.4 Å². The Hall–Kier alpha value is -2.54. The number of aryl methyl sites for hydroxylation is 1. The van der Waals surface area contributed by atoms with Gasteiger partial charge in [0.05, 0.1) is 21.7 Å². The third-order valence-electron chi connectivity index (χ3n) is 4.56. The summed E-state index contributed by atoms with van der Waals surface area (Å²) < 4.78 is 33.6. The summed E-state index contributed by atoms with van der Waals surface area (Å²) >= 11 is 0. The van der Waals surface area contributed by atoms with Gasteiger partial charge >= 0.3 is 0 Å². The van der Waals surface area contributed by atoms with Gasteiger partial charge in [-0.25, -0.2) is 8.42 Å². The maximum atomic E-state index is 12.7. The molecule has 0 saturated carbocycles. The van der Waals surface area contributed by atoms with Crippen molar-refractivity contribution >= 4 is 27.3 Å². The number of hydrogen-bond acceptors (Lipinski definition) is 4. The zero-order chi connectivity index (χ0) is 19.8. The number of sulfonamides is 1. The van der Waals surface area contributed by atoms with Crippen LogP contribution in [-0.2, 0) is 14.8 Å². The van der Waals surface area contributed by atoms with Gasteiger partial charge in [-0.2, -0.15) is 0 Å². The number of rotatable bonds is 4. The van der Waals surface area contributed by atoms with Crippen LogP contribution < -0.4 is 14.4 Å². The van der Waals surface area contributed by atoms with Crippen LogP contribution in [-0.4, -0.2) is 27.5 Å². The van der Waals surface area contributed by atoms with E-state index in [2.05, 4.69) is 4.72 Å².